The normalized spacial score (nSPS) is 8.71. The lowest BCUT2D eigenvalue weighted by atomic mass is 10.2. The Labute approximate surface area is 84.9 Å². The predicted molar refractivity (Wildman–Crippen MR) is 57.1 cm³/mol. The number of nitrogens with two attached hydrogens (primary N) is 1. The molecule has 0 aliphatic heterocycles. The van der Waals surface area contributed by atoms with Crippen LogP contribution in [0.15, 0.2) is 30.3 Å². The number of amides is 1. The summed E-state index contributed by atoms with van der Waals surface area (Å²) in [7, 11) is 0. The van der Waals surface area contributed by atoms with Crippen molar-refractivity contribution in [3.05, 3.63) is 35.9 Å². The molecule has 1 rings (SSSR count). The van der Waals surface area contributed by atoms with Gasteiger partial charge in [0.15, 0.2) is 0 Å². The number of hydrogen-bond donors (Lipinski definition) is 1. The molecule has 0 saturated carbocycles. The minimum absolute atomic E-state index is 0.379. The van der Waals surface area contributed by atoms with Gasteiger partial charge in [-0.15, -0.1) is 0 Å². The number of primary amides is 1. The SMILES string of the molecule is CCOCC.NC(=O)c1ccccc1. The lowest BCUT2D eigenvalue weighted by Crippen LogP contribution is -2.09. The van der Waals surface area contributed by atoms with E-state index in [1.165, 1.54) is 0 Å². The monoisotopic (exact) mass is 195 g/mol. The Hall–Kier alpha value is -1.35. The zero-order valence-corrected chi connectivity index (χ0v) is 8.69. The van der Waals surface area contributed by atoms with Gasteiger partial charge in [-0.25, -0.2) is 0 Å². The molecule has 0 atom stereocenters. The molecule has 1 aromatic carbocycles. The maximum Gasteiger partial charge on any atom is 0.248 e. The Bertz CT molecular complexity index is 245. The lowest BCUT2D eigenvalue weighted by Gasteiger charge is -1.89. The highest BCUT2D eigenvalue weighted by atomic mass is 16.5. The van der Waals surface area contributed by atoms with Crippen molar-refractivity contribution in [1.82, 2.24) is 0 Å². The van der Waals surface area contributed by atoms with E-state index in [1.807, 2.05) is 19.9 Å². The second-order valence-electron chi connectivity index (χ2n) is 2.51. The van der Waals surface area contributed by atoms with Crippen molar-refractivity contribution in [2.75, 3.05) is 13.2 Å². The smallest absolute Gasteiger partial charge is 0.248 e. The fraction of sp³-hybridized carbons (Fsp3) is 0.364. The van der Waals surface area contributed by atoms with Gasteiger partial charge in [-0.2, -0.15) is 0 Å². The summed E-state index contributed by atoms with van der Waals surface area (Å²) in [5.74, 6) is -0.379. The number of hydrogen-bond acceptors (Lipinski definition) is 2. The third-order valence-corrected chi connectivity index (χ3v) is 1.47. The van der Waals surface area contributed by atoms with E-state index in [-0.39, 0.29) is 5.91 Å². The van der Waals surface area contributed by atoms with Crippen LogP contribution in [0, 0.1) is 0 Å². The maximum atomic E-state index is 10.4. The van der Waals surface area contributed by atoms with E-state index in [2.05, 4.69) is 0 Å². The topological polar surface area (TPSA) is 52.3 Å². The van der Waals surface area contributed by atoms with Crippen molar-refractivity contribution in [2.24, 2.45) is 5.73 Å². The number of carbonyl (C=O) groups excluding carboxylic acids is 1. The van der Waals surface area contributed by atoms with Crippen molar-refractivity contribution in [3.63, 3.8) is 0 Å². The van der Waals surface area contributed by atoms with Gasteiger partial charge in [-0.3, -0.25) is 4.79 Å². The molecule has 2 N–H and O–H groups in total. The molecule has 0 fully saturated rings. The fourth-order valence-corrected chi connectivity index (χ4v) is 0.807. The minimum Gasteiger partial charge on any atom is -0.382 e. The molecule has 3 heteroatoms. The zero-order chi connectivity index (χ0) is 10.8. The van der Waals surface area contributed by atoms with Gasteiger partial charge in [0.05, 0.1) is 0 Å². The minimum atomic E-state index is -0.379. The summed E-state index contributed by atoms with van der Waals surface area (Å²) < 4.78 is 4.83. The van der Waals surface area contributed by atoms with Crippen LogP contribution in [0.2, 0.25) is 0 Å². The largest absolute Gasteiger partial charge is 0.382 e. The summed E-state index contributed by atoms with van der Waals surface area (Å²) in [6.07, 6.45) is 0. The quantitative estimate of drug-likeness (QED) is 0.800. The first kappa shape index (κ1) is 12.7. The summed E-state index contributed by atoms with van der Waals surface area (Å²) in [4.78, 5) is 10.4. The van der Waals surface area contributed by atoms with Crippen LogP contribution in [0.25, 0.3) is 0 Å². The van der Waals surface area contributed by atoms with Gasteiger partial charge in [0, 0.05) is 18.8 Å². The predicted octanol–water partition coefficient (Wildman–Crippen LogP) is 1.83. The third kappa shape index (κ3) is 6.20. The first-order chi connectivity index (χ1) is 6.72. The lowest BCUT2D eigenvalue weighted by molar-refractivity contribution is 0.100. The van der Waals surface area contributed by atoms with E-state index < -0.39 is 0 Å². The number of ether oxygens (including phenoxy) is 1. The molecule has 0 aliphatic rings. The second kappa shape index (κ2) is 8.26. The zero-order valence-electron chi connectivity index (χ0n) is 8.69. The highest BCUT2D eigenvalue weighted by Gasteiger charge is 1.93. The Balaban J connectivity index is 0.000000292. The van der Waals surface area contributed by atoms with E-state index in [0.717, 1.165) is 13.2 Å². The molecule has 0 radical (unpaired) electrons. The molecule has 0 bridgehead atoms. The standard InChI is InChI=1S/C7H7NO.C4H10O/c8-7(9)6-4-2-1-3-5-6;1-3-5-4-2/h1-5H,(H2,8,9);3-4H2,1-2H3. The molecule has 78 valence electrons. The molecule has 0 aliphatic carbocycles. The second-order valence-corrected chi connectivity index (χ2v) is 2.51. The van der Waals surface area contributed by atoms with Gasteiger partial charge in [0.1, 0.15) is 0 Å². The van der Waals surface area contributed by atoms with Crippen molar-refractivity contribution >= 4 is 5.91 Å². The molecule has 0 spiro atoms. The molecule has 1 amide bonds. The molecule has 0 heterocycles. The molecule has 0 unspecified atom stereocenters. The Kier molecular flexibility index (Phi) is 7.46. The summed E-state index contributed by atoms with van der Waals surface area (Å²) in [5.41, 5.74) is 5.53. The van der Waals surface area contributed by atoms with Gasteiger partial charge in [0.25, 0.3) is 0 Å². The van der Waals surface area contributed by atoms with Gasteiger partial charge in [-0.1, -0.05) is 18.2 Å². The first-order valence-corrected chi connectivity index (χ1v) is 4.65. The molecule has 0 saturated heterocycles. The summed E-state index contributed by atoms with van der Waals surface area (Å²) >= 11 is 0. The summed E-state index contributed by atoms with van der Waals surface area (Å²) in [6.45, 7) is 5.67. The average molecular weight is 195 g/mol. The van der Waals surface area contributed by atoms with Crippen LogP contribution in [0.1, 0.15) is 24.2 Å². The maximum absolute atomic E-state index is 10.4. The van der Waals surface area contributed by atoms with Crippen molar-refractivity contribution in [3.8, 4) is 0 Å². The number of benzene rings is 1. The number of carbonyl (C=O) groups is 1. The van der Waals surface area contributed by atoms with Crippen LogP contribution in [-0.2, 0) is 4.74 Å². The van der Waals surface area contributed by atoms with Gasteiger partial charge >= 0.3 is 0 Å². The fourth-order valence-electron chi connectivity index (χ4n) is 0.807. The van der Waals surface area contributed by atoms with Crippen molar-refractivity contribution < 1.29 is 9.53 Å². The summed E-state index contributed by atoms with van der Waals surface area (Å²) in [6, 6.07) is 8.76. The first-order valence-electron chi connectivity index (χ1n) is 4.65. The average Bonchev–Trinajstić information content (AvgIpc) is 2.21. The Morgan fingerprint density at radius 3 is 1.93 bits per heavy atom. The van der Waals surface area contributed by atoms with Crippen LogP contribution in [0.4, 0.5) is 0 Å². The van der Waals surface area contributed by atoms with Crippen LogP contribution < -0.4 is 5.73 Å². The van der Waals surface area contributed by atoms with Crippen LogP contribution in [-0.4, -0.2) is 19.1 Å². The van der Waals surface area contributed by atoms with Gasteiger partial charge < -0.3 is 10.5 Å². The van der Waals surface area contributed by atoms with E-state index in [9.17, 15) is 4.79 Å². The van der Waals surface area contributed by atoms with E-state index in [0.29, 0.717) is 5.56 Å². The molecule has 3 nitrogen and oxygen atoms in total. The highest BCUT2D eigenvalue weighted by Crippen LogP contribution is 1.94. The van der Waals surface area contributed by atoms with Crippen LogP contribution >= 0.6 is 0 Å². The van der Waals surface area contributed by atoms with Gasteiger partial charge in [0.2, 0.25) is 5.91 Å². The van der Waals surface area contributed by atoms with E-state index in [1.54, 1.807) is 24.3 Å². The Morgan fingerprint density at radius 1 is 1.21 bits per heavy atom. The van der Waals surface area contributed by atoms with E-state index in [4.69, 9.17) is 10.5 Å². The molecule has 1 aromatic rings. The molecule has 0 aromatic heterocycles. The van der Waals surface area contributed by atoms with Crippen LogP contribution in [0.3, 0.4) is 0 Å². The molecular weight excluding hydrogens is 178 g/mol. The van der Waals surface area contributed by atoms with Crippen molar-refractivity contribution in [1.29, 1.82) is 0 Å². The molecular formula is C11H17NO2. The highest BCUT2D eigenvalue weighted by molar-refractivity contribution is 5.92. The van der Waals surface area contributed by atoms with E-state index >= 15 is 0 Å². The Morgan fingerprint density at radius 2 is 1.71 bits per heavy atom. The van der Waals surface area contributed by atoms with Crippen LogP contribution in [0.5, 0.6) is 0 Å². The summed E-state index contributed by atoms with van der Waals surface area (Å²) in [5, 5.41) is 0. The van der Waals surface area contributed by atoms with Gasteiger partial charge in [-0.05, 0) is 26.0 Å². The van der Waals surface area contributed by atoms with Crippen molar-refractivity contribution in [2.45, 2.75) is 13.8 Å². The molecule has 14 heavy (non-hydrogen) atoms. The number of rotatable bonds is 3. The third-order valence-electron chi connectivity index (χ3n) is 1.47.